The molecule has 5 rings (SSSR count). The summed E-state index contributed by atoms with van der Waals surface area (Å²) < 4.78 is 14.8. The first-order valence-electron chi connectivity index (χ1n) is 11.5. The Kier molecular flexibility index (Phi) is 6.55. The smallest absolute Gasteiger partial charge is 0.330 e. The number of hydrogen-bond acceptors (Lipinski definition) is 6. The summed E-state index contributed by atoms with van der Waals surface area (Å²) in [6, 6.07) is 8.19. The summed E-state index contributed by atoms with van der Waals surface area (Å²) in [6.45, 7) is 4.51. The van der Waals surface area contributed by atoms with Crippen molar-refractivity contribution in [3.8, 4) is 5.75 Å². The molecule has 2 heterocycles. The lowest BCUT2D eigenvalue weighted by Crippen LogP contribution is -2.32. The van der Waals surface area contributed by atoms with Crippen molar-refractivity contribution in [2.24, 2.45) is 5.92 Å². The lowest BCUT2D eigenvalue weighted by Gasteiger charge is -2.16. The van der Waals surface area contributed by atoms with E-state index >= 15 is 0 Å². The molecule has 4 aromatic rings. The van der Waals surface area contributed by atoms with Crippen LogP contribution in [0.25, 0.3) is 21.7 Å². The minimum absolute atomic E-state index is 0.222. The molecule has 1 unspecified atom stereocenters. The van der Waals surface area contributed by atoms with E-state index in [9.17, 15) is 9.59 Å². The summed E-state index contributed by atoms with van der Waals surface area (Å²) >= 11 is 9.91. The number of carbonyl (C=O) groups is 1. The molecule has 1 aliphatic carbocycles. The van der Waals surface area contributed by atoms with Gasteiger partial charge in [-0.3, -0.25) is 9.48 Å². The van der Waals surface area contributed by atoms with Crippen LogP contribution in [0.3, 0.4) is 0 Å². The highest BCUT2D eigenvalue weighted by Crippen LogP contribution is 2.34. The van der Waals surface area contributed by atoms with Gasteiger partial charge in [0.25, 0.3) is 5.56 Å². The molecule has 0 amide bonds. The van der Waals surface area contributed by atoms with Crippen LogP contribution in [-0.4, -0.2) is 38.7 Å². The van der Waals surface area contributed by atoms with E-state index in [0.29, 0.717) is 39.8 Å². The zero-order valence-corrected chi connectivity index (χ0v) is 21.7. The number of halogens is 2. The average molecular weight is 560 g/mol. The van der Waals surface area contributed by atoms with Gasteiger partial charge in [0.05, 0.1) is 41.4 Å². The van der Waals surface area contributed by atoms with Gasteiger partial charge in [0.1, 0.15) is 5.75 Å². The molecule has 0 spiro atoms. The lowest BCUT2D eigenvalue weighted by molar-refractivity contribution is -0.147. The van der Waals surface area contributed by atoms with E-state index in [-0.39, 0.29) is 18.7 Å². The van der Waals surface area contributed by atoms with Gasteiger partial charge in [-0.15, -0.1) is 0 Å². The molecular formula is C25H24BrClN4O4. The fraction of sp³-hybridized carbons (Fsp3) is 0.360. The summed E-state index contributed by atoms with van der Waals surface area (Å²) in [7, 11) is 0. The van der Waals surface area contributed by atoms with Crippen molar-refractivity contribution < 1.29 is 14.3 Å². The largest absolute Gasteiger partial charge is 0.492 e. The molecule has 0 radical (unpaired) electrons. The van der Waals surface area contributed by atoms with Crippen LogP contribution in [0.1, 0.15) is 38.4 Å². The molecule has 2 aromatic carbocycles. The van der Waals surface area contributed by atoms with Gasteiger partial charge in [-0.2, -0.15) is 10.2 Å². The van der Waals surface area contributed by atoms with Crippen molar-refractivity contribution in [3.63, 3.8) is 0 Å². The number of carbonyl (C=O) groups excluding carboxylic acids is 1. The van der Waals surface area contributed by atoms with Gasteiger partial charge in [0.2, 0.25) is 0 Å². The minimum Gasteiger partial charge on any atom is -0.492 e. The van der Waals surface area contributed by atoms with Gasteiger partial charge in [0.15, 0.2) is 6.04 Å². The first-order chi connectivity index (χ1) is 16.8. The van der Waals surface area contributed by atoms with Gasteiger partial charge < -0.3 is 9.47 Å². The molecule has 0 aliphatic heterocycles. The zero-order chi connectivity index (χ0) is 24.7. The van der Waals surface area contributed by atoms with Crippen molar-refractivity contribution in [2.75, 3.05) is 13.2 Å². The topological polar surface area (TPSA) is 88.2 Å². The van der Waals surface area contributed by atoms with Gasteiger partial charge in [-0.05, 0) is 62.9 Å². The van der Waals surface area contributed by atoms with Gasteiger partial charge in [-0.25, -0.2) is 9.48 Å². The van der Waals surface area contributed by atoms with Crippen LogP contribution in [0, 0.1) is 5.92 Å². The van der Waals surface area contributed by atoms with Gasteiger partial charge in [-0.1, -0.05) is 27.5 Å². The fourth-order valence-electron chi connectivity index (χ4n) is 3.95. The number of aromatic nitrogens is 4. The van der Waals surface area contributed by atoms with Crippen molar-refractivity contribution in [1.29, 1.82) is 0 Å². The number of hydrogen-bond donors (Lipinski definition) is 0. The van der Waals surface area contributed by atoms with Gasteiger partial charge >= 0.3 is 5.97 Å². The molecule has 182 valence electrons. The van der Waals surface area contributed by atoms with E-state index in [0.717, 1.165) is 15.4 Å². The average Bonchev–Trinajstić information content (AvgIpc) is 3.58. The third-order valence-corrected chi connectivity index (χ3v) is 6.83. The van der Waals surface area contributed by atoms with Gasteiger partial charge in [0, 0.05) is 21.4 Å². The first-order valence-corrected chi connectivity index (χ1v) is 12.7. The minimum atomic E-state index is -0.865. The molecule has 0 saturated heterocycles. The van der Waals surface area contributed by atoms with Crippen LogP contribution >= 0.6 is 27.5 Å². The molecule has 35 heavy (non-hydrogen) atoms. The molecule has 8 nitrogen and oxygen atoms in total. The Balaban J connectivity index is 1.54. The second kappa shape index (κ2) is 9.62. The third-order valence-electron chi connectivity index (χ3n) is 6.04. The molecule has 0 bridgehead atoms. The number of ether oxygens (including phenoxy) is 2. The van der Waals surface area contributed by atoms with Crippen molar-refractivity contribution in [3.05, 3.63) is 62.1 Å². The van der Waals surface area contributed by atoms with Crippen LogP contribution in [-0.2, 0) is 16.1 Å². The maximum Gasteiger partial charge on any atom is 0.330 e. The third kappa shape index (κ3) is 4.92. The molecule has 0 N–H and O–H groups in total. The summed E-state index contributed by atoms with van der Waals surface area (Å²) in [4.78, 5) is 25.5. The zero-order valence-electron chi connectivity index (χ0n) is 19.3. The van der Waals surface area contributed by atoms with Crippen molar-refractivity contribution >= 4 is 55.2 Å². The quantitative estimate of drug-likeness (QED) is 0.278. The first kappa shape index (κ1) is 23.8. The number of fused-ring (bicyclic) bond motifs is 2. The standard InChI is InChI=1S/C25H24BrClN4O4/c1-3-34-25(33)14(2)31-24(32)18-7-6-17(26)9-19(18)22(29-31)12-30-11-16-8-23(35-13-15-4-5-15)20(27)10-21(16)28-30/h6-11,14-15H,3-5,12-13H2,1-2H3. The van der Waals surface area contributed by atoms with Crippen LogP contribution in [0.2, 0.25) is 5.02 Å². The molecule has 1 atom stereocenters. The van der Waals surface area contributed by atoms with Crippen LogP contribution in [0.5, 0.6) is 5.75 Å². The number of esters is 1. The Morgan fingerprint density at radius 1 is 1.23 bits per heavy atom. The van der Waals surface area contributed by atoms with E-state index in [1.165, 1.54) is 17.5 Å². The predicted octanol–water partition coefficient (Wildman–Crippen LogP) is 5.12. The second-order valence-electron chi connectivity index (χ2n) is 8.74. The Bertz CT molecular complexity index is 1490. The van der Waals surface area contributed by atoms with E-state index in [1.54, 1.807) is 36.7 Å². The van der Waals surface area contributed by atoms with E-state index in [4.69, 9.17) is 21.1 Å². The second-order valence-corrected chi connectivity index (χ2v) is 10.1. The van der Waals surface area contributed by atoms with E-state index in [1.807, 2.05) is 18.3 Å². The summed E-state index contributed by atoms with van der Waals surface area (Å²) in [6.07, 6.45) is 4.29. The van der Waals surface area contributed by atoms with Crippen molar-refractivity contribution in [1.82, 2.24) is 19.6 Å². The van der Waals surface area contributed by atoms with Crippen LogP contribution in [0.4, 0.5) is 0 Å². The van der Waals surface area contributed by atoms with E-state index < -0.39 is 12.0 Å². The monoisotopic (exact) mass is 558 g/mol. The summed E-state index contributed by atoms with van der Waals surface area (Å²) in [5, 5.41) is 11.8. The predicted molar refractivity (Wildman–Crippen MR) is 137 cm³/mol. The molecule has 10 heteroatoms. The van der Waals surface area contributed by atoms with E-state index in [2.05, 4.69) is 26.1 Å². The van der Waals surface area contributed by atoms with Crippen LogP contribution in [0.15, 0.2) is 45.8 Å². The molecule has 2 aromatic heterocycles. The summed E-state index contributed by atoms with van der Waals surface area (Å²) in [5.74, 6) is 0.758. The van der Waals surface area contributed by atoms with Crippen LogP contribution < -0.4 is 10.3 Å². The lowest BCUT2D eigenvalue weighted by atomic mass is 10.1. The number of nitrogens with zero attached hydrogens (tertiary/aromatic N) is 4. The highest BCUT2D eigenvalue weighted by molar-refractivity contribution is 9.10. The highest BCUT2D eigenvalue weighted by Gasteiger charge is 2.23. The van der Waals surface area contributed by atoms with Crippen molar-refractivity contribution in [2.45, 2.75) is 39.3 Å². The maximum absolute atomic E-state index is 13.2. The Morgan fingerprint density at radius 3 is 2.77 bits per heavy atom. The Labute approximate surface area is 214 Å². The SMILES string of the molecule is CCOC(=O)C(C)n1nc(Cn2cc3cc(OCC4CC4)c(Cl)cc3n2)c2cc(Br)ccc2c1=O. The highest BCUT2D eigenvalue weighted by atomic mass is 79.9. The molecule has 1 fully saturated rings. The summed E-state index contributed by atoms with van der Waals surface area (Å²) in [5.41, 5.74) is 0.972. The molecule has 1 aliphatic rings. The molecule has 1 saturated carbocycles. The normalized spacial score (nSPS) is 14.4. The number of rotatable bonds is 8. The Hall–Kier alpha value is -2.91. The number of benzene rings is 2. The Morgan fingerprint density at radius 2 is 2.03 bits per heavy atom. The molecular weight excluding hydrogens is 536 g/mol. The fourth-order valence-corrected chi connectivity index (χ4v) is 4.52. The maximum atomic E-state index is 13.2.